The zero-order chi connectivity index (χ0) is 19.1. The van der Waals surface area contributed by atoms with Gasteiger partial charge in [-0.25, -0.2) is 9.78 Å². The summed E-state index contributed by atoms with van der Waals surface area (Å²) in [6.07, 6.45) is 3.65. The number of carbonyl (C=O) groups excluding carboxylic acids is 2. The maximum Gasteiger partial charge on any atom is 0.340 e. The molecule has 2 heterocycles. The monoisotopic (exact) mass is 369 g/mol. The topological polar surface area (TPSA) is 89.5 Å². The maximum absolute atomic E-state index is 12.2. The first-order valence-corrected chi connectivity index (χ1v) is 9.06. The Kier molecular flexibility index (Phi) is 6.38. The predicted octanol–water partition coefficient (Wildman–Crippen LogP) is 2.91. The number of hydrogen-bond acceptors (Lipinski definition) is 6. The summed E-state index contributed by atoms with van der Waals surface area (Å²) < 4.78 is 10.6. The summed E-state index contributed by atoms with van der Waals surface area (Å²) in [6, 6.07) is 10.5. The second kappa shape index (κ2) is 9.14. The third kappa shape index (κ3) is 5.04. The lowest BCUT2D eigenvalue weighted by atomic mass is 10.1. The summed E-state index contributed by atoms with van der Waals surface area (Å²) >= 11 is 0. The van der Waals surface area contributed by atoms with E-state index in [1.54, 1.807) is 43.5 Å². The number of pyridine rings is 1. The molecule has 1 unspecified atom stereocenters. The van der Waals surface area contributed by atoms with Gasteiger partial charge in [0.1, 0.15) is 5.69 Å². The minimum Gasteiger partial charge on any atom is -0.462 e. The first kappa shape index (κ1) is 18.8. The van der Waals surface area contributed by atoms with Gasteiger partial charge in [-0.1, -0.05) is 12.1 Å². The van der Waals surface area contributed by atoms with Crippen molar-refractivity contribution in [3.05, 3.63) is 53.9 Å². The number of benzene rings is 1. The molecule has 1 aliphatic heterocycles. The van der Waals surface area contributed by atoms with E-state index in [0.29, 0.717) is 35.8 Å². The minimum atomic E-state index is -0.390. The number of esters is 1. The molecule has 0 spiro atoms. The number of aromatic nitrogens is 1. The van der Waals surface area contributed by atoms with Crippen molar-refractivity contribution in [3.8, 4) is 0 Å². The second-order valence-electron chi connectivity index (χ2n) is 6.17. The van der Waals surface area contributed by atoms with Crippen LogP contribution in [0.3, 0.4) is 0 Å². The lowest BCUT2D eigenvalue weighted by Crippen LogP contribution is -2.32. The molecule has 0 saturated carbocycles. The van der Waals surface area contributed by atoms with E-state index < -0.39 is 5.97 Å². The summed E-state index contributed by atoms with van der Waals surface area (Å²) in [7, 11) is 0. The van der Waals surface area contributed by atoms with Gasteiger partial charge in [-0.2, -0.15) is 0 Å². The molecule has 1 aromatic carbocycles. The number of carbonyl (C=O) groups is 2. The van der Waals surface area contributed by atoms with Crippen molar-refractivity contribution in [2.75, 3.05) is 25.1 Å². The van der Waals surface area contributed by atoms with Gasteiger partial charge < -0.3 is 20.1 Å². The molecule has 1 fully saturated rings. The van der Waals surface area contributed by atoms with Crippen molar-refractivity contribution in [2.45, 2.75) is 25.9 Å². The van der Waals surface area contributed by atoms with Crippen molar-refractivity contribution in [1.82, 2.24) is 10.3 Å². The smallest absolute Gasteiger partial charge is 0.340 e. The van der Waals surface area contributed by atoms with Crippen molar-refractivity contribution in [2.24, 2.45) is 0 Å². The normalized spacial score (nSPS) is 16.0. The zero-order valence-electron chi connectivity index (χ0n) is 15.2. The fourth-order valence-corrected chi connectivity index (χ4v) is 2.84. The third-order valence-electron chi connectivity index (χ3n) is 4.21. The second-order valence-corrected chi connectivity index (χ2v) is 6.17. The van der Waals surface area contributed by atoms with Crippen LogP contribution in [0.1, 0.15) is 40.6 Å². The van der Waals surface area contributed by atoms with Gasteiger partial charge in [0.2, 0.25) is 0 Å². The van der Waals surface area contributed by atoms with Gasteiger partial charge in [0.15, 0.2) is 0 Å². The van der Waals surface area contributed by atoms with Crippen LogP contribution in [0.15, 0.2) is 42.6 Å². The van der Waals surface area contributed by atoms with Gasteiger partial charge in [-0.15, -0.1) is 0 Å². The lowest BCUT2D eigenvalue weighted by Gasteiger charge is -2.12. The van der Waals surface area contributed by atoms with Crippen LogP contribution in [0.5, 0.6) is 0 Å². The van der Waals surface area contributed by atoms with Crippen LogP contribution < -0.4 is 10.6 Å². The number of rotatable bonds is 7. The Morgan fingerprint density at radius 2 is 2.11 bits per heavy atom. The van der Waals surface area contributed by atoms with Crippen LogP contribution in [0, 0.1) is 0 Å². The highest BCUT2D eigenvalue weighted by Crippen LogP contribution is 2.21. The van der Waals surface area contributed by atoms with Crippen LogP contribution in [-0.4, -0.2) is 42.7 Å². The molecule has 7 heteroatoms. The van der Waals surface area contributed by atoms with Gasteiger partial charge in [0.05, 0.1) is 35.8 Å². The van der Waals surface area contributed by atoms with Gasteiger partial charge in [0, 0.05) is 13.2 Å². The molecular weight excluding hydrogens is 346 g/mol. The molecule has 3 rings (SSSR count). The number of amides is 1. The van der Waals surface area contributed by atoms with Crippen LogP contribution in [0.25, 0.3) is 0 Å². The largest absolute Gasteiger partial charge is 0.462 e. The van der Waals surface area contributed by atoms with E-state index >= 15 is 0 Å². The Balaban J connectivity index is 1.62. The molecule has 0 bridgehead atoms. The predicted molar refractivity (Wildman–Crippen MR) is 101 cm³/mol. The van der Waals surface area contributed by atoms with E-state index in [4.69, 9.17) is 9.47 Å². The summed E-state index contributed by atoms with van der Waals surface area (Å²) in [5, 5.41) is 5.98. The van der Waals surface area contributed by atoms with E-state index in [1.807, 2.05) is 6.07 Å². The zero-order valence-corrected chi connectivity index (χ0v) is 15.2. The van der Waals surface area contributed by atoms with Gasteiger partial charge in [-0.3, -0.25) is 4.79 Å². The average molecular weight is 369 g/mol. The quantitative estimate of drug-likeness (QED) is 0.730. The Labute approximate surface area is 158 Å². The number of nitrogens with one attached hydrogen (secondary N) is 2. The molecule has 0 radical (unpaired) electrons. The molecule has 0 aliphatic carbocycles. The first-order valence-electron chi connectivity index (χ1n) is 9.06. The van der Waals surface area contributed by atoms with Crippen molar-refractivity contribution in [1.29, 1.82) is 0 Å². The van der Waals surface area contributed by atoms with Crippen LogP contribution in [-0.2, 0) is 9.47 Å². The van der Waals surface area contributed by atoms with Gasteiger partial charge >= 0.3 is 5.97 Å². The number of hydrogen-bond donors (Lipinski definition) is 2. The average Bonchev–Trinajstić information content (AvgIpc) is 3.21. The number of anilines is 2. The van der Waals surface area contributed by atoms with E-state index in [-0.39, 0.29) is 12.0 Å². The maximum atomic E-state index is 12.2. The van der Waals surface area contributed by atoms with E-state index in [1.165, 1.54) is 0 Å². The molecule has 7 nitrogen and oxygen atoms in total. The Morgan fingerprint density at radius 1 is 1.26 bits per heavy atom. The first-order chi connectivity index (χ1) is 13.2. The highest BCUT2D eigenvalue weighted by Gasteiger charge is 2.17. The standard InChI is InChI=1S/C20H23N3O4/c1-2-26-20(25)16-7-3-4-8-17(16)23-14-9-10-18(21-12-14)19(24)22-13-15-6-5-11-27-15/h3-4,7-10,12,15,23H,2,5-6,11,13H2,1H3,(H,22,24). The van der Waals surface area contributed by atoms with Crippen molar-refractivity contribution < 1.29 is 19.1 Å². The summed E-state index contributed by atoms with van der Waals surface area (Å²) in [6.45, 7) is 3.32. The molecular formula is C20H23N3O4. The SMILES string of the molecule is CCOC(=O)c1ccccc1Nc1ccc(C(=O)NCC2CCCO2)nc1. The van der Waals surface area contributed by atoms with Crippen molar-refractivity contribution >= 4 is 23.3 Å². The summed E-state index contributed by atoms with van der Waals surface area (Å²) in [5.74, 6) is -0.623. The Bertz CT molecular complexity index is 786. The molecule has 1 amide bonds. The van der Waals surface area contributed by atoms with E-state index in [0.717, 1.165) is 19.4 Å². The fraction of sp³-hybridized carbons (Fsp3) is 0.350. The minimum absolute atomic E-state index is 0.0919. The molecule has 2 N–H and O–H groups in total. The van der Waals surface area contributed by atoms with Gasteiger partial charge in [0.25, 0.3) is 5.91 Å². The molecule has 1 atom stereocenters. The van der Waals surface area contributed by atoms with E-state index in [9.17, 15) is 9.59 Å². The van der Waals surface area contributed by atoms with Crippen LogP contribution in [0.2, 0.25) is 0 Å². The molecule has 142 valence electrons. The fourth-order valence-electron chi connectivity index (χ4n) is 2.84. The Morgan fingerprint density at radius 3 is 2.81 bits per heavy atom. The van der Waals surface area contributed by atoms with Crippen LogP contribution in [0.4, 0.5) is 11.4 Å². The number of nitrogens with zero attached hydrogens (tertiary/aromatic N) is 1. The summed E-state index contributed by atoms with van der Waals surface area (Å²) in [5.41, 5.74) is 2.06. The third-order valence-corrected chi connectivity index (χ3v) is 4.21. The number of ether oxygens (including phenoxy) is 2. The van der Waals surface area contributed by atoms with Gasteiger partial charge in [-0.05, 0) is 44.0 Å². The summed E-state index contributed by atoms with van der Waals surface area (Å²) in [4.78, 5) is 28.4. The molecule has 27 heavy (non-hydrogen) atoms. The number of para-hydroxylation sites is 1. The molecule has 1 aliphatic rings. The molecule has 2 aromatic rings. The van der Waals surface area contributed by atoms with E-state index in [2.05, 4.69) is 15.6 Å². The molecule has 1 aromatic heterocycles. The molecule has 1 saturated heterocycles. The highest BCUT2D eigenvalue weighted by molar-refractivity contribution is 5.96. The van der Waals surface area contributed by atoms with Crippen LogP contribution >= 0.6 is 0 Å². The highest BCUT2D eigenvalue weighted by atomic mass is 16.5. The lowest BCUT2D eigenvalue weighted by molar-refractivity contribution is 0.0527. The Hall–Kier alpha value is -2.93. The van der Waals surface area contributed by atoms with Crippen molar-refractivity contribution in [3.63, 3.8) is 0 Å².